The molecule has 3 fully saturated rings. The van der Waals surface area contributed by atoms with Crippen molar-refractivity contribution in [3.05, 3.63) is 104 Å². The molecule has 82 heavy (non-hydrogen) atoms. The number of esters is 1. The molecule has 1 saturated carbocycles. The molecule has 0 spiro atoms. The summed E-state index contributed by atoms with van der Waals surface area (Å²) in [5.41, 5.74) is -2.59. The molecule has 3 aromatic rings. The number of aromatic nitrogens is 1. The summed E-state index contributed by atoms with van der Waals surface area (Å²) in [4.78, 5) is 101. The van der Waals surface area contributed by atoms with Gasteiger partial charge >= 0.3 is 17.7 Å². The van der Waals surface area contributed by atoms with Crippen molar-refractivity contribution in [1.29, 1.82) is 0 Å². The number of nitrogens with one attached hydrogen (secondary N) is 2. The number of aromatic hydroxyl groups is 1. The van der Waals surface area contributed by atoms with E-state index in [1.54, 1.807) is 49.3 Å². The summed E-state index contributed by atoms with van der Waals surface area (Å²) in [6, 6.07) is 0.711. The highest BCUT2D eigenvalue weighted by Gasteiger charge is 2.53. The third kappa shape index (κ3) is 10.7. The maximum atomic E-state index is 16.3. The van der Waals surface area contributed by atoms with Crippen LogP contribution in [0.4, 0.5) is 10.1 Å². The predicted molar refractivity (Wildman–Crippen MR) is 296 cm³/mol. The molecule has 1 amide bonds. The molecule has 440 valence electrons. The Bertz CT molecular complexity index is 3340. The Hall–Kier alpha value is -7.40. The maximum Gasteiger partial charge on any atom is 0.341 e. The highest BCUT2D eigenvalue weighted by atomic mass is 19.1. The number of phenols is 1. The standard InChI is InChI=1S/C60H72FN5O16/c1-27-12-11-13-28(2)58(75)63-44-47(64-20-16-34(17-21-64)62-35-18-22-65(25-35)46-39(61)24-37-45(56(46)79-10)66(36-14-15-36)26-38(51(37)71)59(76)77)53(73)41-42(52(44)72)50(70)32(6)55-43(41)57(74)60(8,82-55)80-23-19-40(78-9)29(3)54(81-33(7)67)31(5)49(69)30(4)48(27)68/h11-13,19,23-24,26-27,29-31,34-36,40,48-49,54,62,68-70H,14-18,20-22,25H2,1-10H3,(H,63,75)(H,76,77)/b12-11+,23-19+,28-13-/t27-,29-,30-,31-,35?,40+,48+,49+,54+,60+/m1/s1. The highest BCUT2D eigenvalue weighted by Crippen LogP contribution is 2.50. The van der Waals surface area contributed by atoms with E-state index in [-0.39, 0.29) is 76.2 Å². The number of carbonyl (C=O) groups excluding carboxylic acids is 5. The minimum atomic E-state index is -2.16. The zero-order valence-electron chi connectivity index (χ0n) is 47.7. The van der Waals surface area contributed by atoms with Crippen molar-refractivity contribution in [2.45, 2.75) is 136 Å². The van der Waals surface area contributed by atoms with Crippen LogP contribution in [0.25, 0.3) is 10.9 Å². The fourth-order valence-corrected chi connectivity index (χ4v) is 12.4. The van der Waals surface area contributed by atoms with Crippen molar-refractivity contribution in [2.24, 2.45) is 23.7 Å². The smallest absolute Gasteiger partial charge is 0.341 e. The van der Waals surface area contributed by atoms with Crippen LogP contribution in [0.15, 0.2) is 64.6 Å². The number of nitrogens with zero attached hydrogens (tertiary/aromatic N) is 3. The molecule has 2 aliphatic carbocycles. The third-order valence-corrected chi connectivity index (χ3v) is 17.3. The molecule has 2 aromatic carbocycles. The Kier molecular flexibility index (Phi) is 16.7. The second kappa shape index (κ2) is 23.1. The van der Waals surface area contributed by atoms with E-state index in [0.29, 0.717) is 37.9 Å². The SMILES string of the molecule is COc1c(N2CCC(NC3CCN(C4=C5NC(=O)/C(C)=C\C=C\[C@@H](C)[C@H](O)[C@@H](C)[C@H](O)[C@@H](C)[C@@H](OC(C)=O)[C@H](C)[C@@H](OC)/C=C/O[C@@]6(C)Oc7c(C)c(O)c(c(c7C6=O)C4=O)C5=O)CC3)C2)c(F)cc2c(=O)c(C(=O)O)cn(C3CC3)c12. The molecular formula is C60H72FN5O16. The minimum Gasteiger partial charge on any atom is -0.507 e. The zero-order valence-corrected chi connectivity index (χ0v) is 47.7. The molecule has 5 bridgehead atoms. The number of aliphatic hydroxyl groups excluding tert-OH is 2. The Morgan fingerprint density at radius 2 is 1.54 bits per heavy atom. The number of amides is 1. The van der Waals surface area contributed by atoms with E-state index in [4.69, 9.17) is 23.7 Å². The number of fused-ring (bicyclic) bond motifs is 15. The summed E-state index contributed by atoms with van der Waals surface area (Å²) >= 11 is 0. The Morgan fingerprint density at radius 3 is 2.17 bits per heavy atom. The molecule has 6 N–H and O–H groups in total. The van der Waals surface area contributed by atoms with Gasteiger partial charge in [-0.3, -0.25) is 28.8 Å². The van der Waals surface area contributed by atoms with Crippen LogP contribution in [-0.4, -0.2) is 148 Å². The summed E-state index contributed by atoms with van der Waals surface area (Å²) in [5, 5.41) is 51.1. The van der Waals surface area contributed by atoms with Crippen LogP contribution in [-0.2, 0) is 23.8 Å². The fraction of sp³-hybridized carbons (Fsp3) is 0.517. The van der Waals surface area contributed by atoms with Crippen LogP contribution in [0.3, 0.4) is 0 Å². The van der Waals surface area contributed by atoms with Crippen molar-refractivity contribution in [2.75, 3.05) is 45.3 Å². The lowest BCUT2D eigenvalue weighted by molar-refractivity contribution is -0.160. The number of halogens is 1. The van der Waals surface area contributed by atoms with E-state index in [0.717, 1.165) is 25.2 Å². The number of methoxy groups -OCH3 is 2. The number of carboxylic acids is 1. The number of Topliss-reactive ketones (excluding diaryl/α,β-unsaturated/α-hetero) is 3. The van der Waals surface area contributed by atoms with Crippen LogP contribution in [0.2, 0.25) is 0 Å². The number of ether oxygens (including phenoxy) is 5. The van der Waals surface area contributed by atoms with Crippen LogP contribution >= 0.6 is 0 Å². The number of benzene rings is 2. The van der Waals surface area contributed by atoms with Crippen molar-refractivity contribution in [1.82, 2.24) is 20.1 Å². The lowest BCUT2D eigenvalue weighted by Crippen LogP contribution is -2.49. The number of carboxylic acid groups (broad SMARTS) is 1. The van der Waals surface area contributed by atoms with Gasteiger partial charge in [0.1, 0.15) is 40.2 Å². The summed E-state index contributed by atoms with van der Waals surface area (Å²) in [7, 11) is 2.80. The van der Waals surface area contributed by atoms with Crippen LogP contribution in [0, 0.1) is 36.4 Å². The lowest BCUT2D eigenvalue weighted by Gasteiger charge is -2.38. The Morgan fingerprint density at radius 1 is 0.866 bits per heavy atom. The number of anilines is 1. The number of ketones is 3. The van der Waals surface area contributed by atoms with Gasteiger partial charge < -0.3 is 69.1 Å². The molecule has 22 heteroatoms. The molecular weight excluding hydrogens is 1070 g/mol. The fourth-order valence-electron chi connectivity index (χ4n) is 12.4. The average Bonchev–Trinajstić information content (AvgIpc) is 3.32. The molecule has 0 radical (unpaired) electrons. The molecule has 10 atom stereocenters. The molecule has 5 aliphatic heterocycles. The number of rotatable bonds is 9. The van der Waals surface area contributed by atoms with Gasteiger partial charge in [-0.25, -0.2) is 9.18 Å². The Balaban J connectivity index is 1.02. The van der Waals surface area contributed by atoms with Crippen LogP contribution in [0.1, 0.15) is 134 Å². The molecule has 1 unspecified atom stereocenters. The number of pyridine rings is 1. The summed E-state index contributed by atoms with van der Waals surface area (Å²) in [6.45, 7) is 13.4. The van der Waals surface area contributed by atoms with Gasteiger partial charge in [0.15, 0.2) is 11.6 Å². The van der Waals surface area contributed by atoms with E-state index < -0.39 is 128 Å². The van der Waals surface area contributed by atoms with Crippen molar-refractivity contribution in [3.8, 4) is 17.2 Å². The normalized spacial score (nSPS) is 30.0. The highest BCUT2D eigenvalue weighted by molar-refractivity contribution is 6.32. The number of piperidine rings is 1. The van der Waals surface area contributed by atoms with E-state index in [2.05, 4.69) is 10.6 Å². The van der Waals surface area contributed by atoms with Crippen LogP contribution in [0.5, 0.6) is 17.2 Å². The average molecular weight is 1140 g/mol. The minimum absolute atomic E-state index is 0.0434. The van der Waals surface area contributed by atoms with Gasteiger partial charge in [-0.15, -0.1) is 0 Å². The molecule has 6 heterocycles. The second-order valence-electron chi connectivity index (χ2n) is 22.8. The molecule has 10 rings (SSSR count). The number of carbonyl (C=O) groups is 6. The third-order valence-electron chi connectivity index (χ3n) is 17.3. The number of aromatic carboxylic acids is 1. The monoisotopic (exact) mass is 1140 g/mol. The van der Waals surface area contributed by atoms with E-state index in [1.807, 2.05) is 4.90 Å². The van der Waals surface area contributed by atoms with Gasteiger partial charge in [0, 0.05) is 106 Å². The first-order valence-corrected chi connectivity index (χ1v) is 27.8. The predicted octanol–water partition coefficient (Wildman–Crippen LogP) is 5.79. The first kappa shape index (κ1) is 59.2. The van der Waals surface area contributed by atoms with Crippen LogP contribution < -0.4 is 30.4 Å². The molecule has 1 aromatic heterocycles. The number of phenolic OH excluding ortho intramolecular Hbond substituents is 1. The number of hydrogen-bond donors (Lipinski definition) is 6. The summed E-state index contributed by atoms with van der Waals surface area (Å²) < 4.78 is 47.6. The molecule has 2 saturated heterocycles. The van der Waals surface area contributed by atoms with E-state index in [1.165, 1.54) is 60.3 Å². The quantitative estimate of drug-likeness (QED) is 0.138. The molecule has 21 nitrogen and oxygen atoms in total. The van der Waals surface area contributed by atoms with Crippen molar-refractivity contribution < 1.29 is 77.3 Å². The van der Waals surface area contributed by atoms with Gasteiger partial charge in [-0.05, 0) is 58.1 Å². The first-order chi connectivity index (χ1) is 38.8. The van der Waals surface area contributed by atoms with Gasteiger partial charge in [0.2, 0.25) is 17.0 Å². The summed E-state index contributed by atoms with van der Waals surface area (Å²) in [6.07, 6.45) is 7.42. The number of aliphatic hydroxyl groups is 2. The van der Waals surface area contributed by atoms with Gasteiger partial charge in [0.25, 0.3) is 11.7 Å². The van der Waals surface area contributed by atoms with Crippen molar-refractivity contribution >= 4 is 51.8 Å². The topological polar surface area (TPSA) is 282 Å². The van der Waals surface area contributed by atoms with Gasteiger partial charge in [0.05, 0.1) is 59.3 Å². The lowest BCUT2D eigenvalue weighted by atomic mass is 9.78. The first-order valence-electron chi connectivity index (χ1n) is 27.8. The van der Waals surface area contributed by atoms with Gasteiger partial charge in [-0.2, -0.15) is 0 Å². The number of allylic oxidation sites excluding steroid dienone is 4. The summed E-state index contributed by atoms with van der Waals surface area (Å²) in [5.74, 6) is -11.7. The number of likely N-dealkylation sites (tertiary alicyclic amines) is 1. The zero-order chi connectivity index (χ0) is 59.5. The number of hydrogen-bond acceptors (Lipinski definition) is 18. The van der Waals surface area contributed by atoms with E-state index in [9.17, 15) is 44.4 Å². The van der Waals surface area contributed by atoms with Crippen molar-refractivity contribution in [3.63, 3.8) is 0 Å². The molecule has 7 aliphatic rings. The van der Waals surface area contributed by atoms with E-state index >= 15 is 14.0 Å². The second-order valence-corrected chi connectivity index (χ2v) is 22.8. The van der Waals surface area contributed by atoms with Gasteiger partial charge in [-0.1, -0.05) is 45.9 Å². The largest absolute Gasteiger partial charge is 0.507 e. The maximum absolute atomic E-state index is 16.3. The Labute approximate surface area is 473 Å².